The Labute approximate surface area is 122 Å². The molecule has 0 heteroatoms. The molecule has 1 rings (SSSR count). The molecule has 0 atom stereocenters. The van der Waals surface area contributed by atoms with E-state index in [9.17, 15) is 0 Å². The Kier molecular flexibility index (Phi) is 12.9. The van der Waals surface area contributed by atoms with Crippen molar-refractivity contribution >= 4 is 0 Å². The van der Waals surface area contributed by atoms with E-state index in [1.54, 1.807) is 0 Å². The lowest BCUT2D eigenvalue weighted by Crippen LogP contribution is -1.84. The van der Waals surface area contributed by atoms with Crippen LogP contribution in [-0.2, 0) is 0 Å². The van der Waals surface area contributed by atoms with E-state index < -0.39 is 0 Å². The Bertz CT molecular complexity index is 80.7. The molecule has 0 aliphatic heterocycles. The van der Waals surface area contributed by atoms with Gasteiger partial charge in [-0.05, 0) is 12.8 Å². The second-order valence-corrected chi connectivity index (χ2v) is 6.33. The fraction of sp³-hybridized carbons (Fsp3) is 0.895. The first-order chi connectivity index (χ1) is 9.50. The molecular formula is C19H36. The molecule has 0 unspecified atom stereocenters. The van der Waals surface area contributed by atoms with Crippen molar-refractivity contribution in [1.82, 2.24) is 0 Å². The van der Waals surface area contributed by atoms with Crippen molar-refractivity contribution in [3.8, 4) is 0 Å². The van der Waals surface area contributed by atoms with Crippen molar-refractivity contribution in [2.24, 2.45) is 0 Å². The molecule has 0 N–H and O–H groups in total. The molecule has 0 aromatic carbocycles. The van der Waals surface area contributed by atoms with Crippen LogP contribution in [0.2, 0.25) is 0 Å². The van der Waals surface area contributed by atoms with Gasteiger partial charge in [0, 0.05) is 0 Å². The van der Waals surface area contributed by atoms with E-state index in [0.29, 0.717) is 0 Å². The highest BCUT2D eigenvalue weighted by Crippen LogP contribution is 2.15. The first-order valence-electron chi connectivity index (χ1n) is 9.13. The van der Waals surface area contributed by atoms with Crippen LogP contribution in [0.1, 0.15) is 109 Å². The van der Waals surface area contributed by atoms with Gasteiger partial charge in [0.2, 0.25) is 0 Å². The molecule has 0 bridgehead atoms. The second-order valence-electron chi connectivity index (χ2n) is 6.33. The smallest absolute Gasteiger partial charge is 0.0386 e. The lowest BCUT2D eigenvalue weighted by Gasteiger charge is -2.02. The van der Waals surface area contributed by atoms with Gasteiger partial charge in [0.05, 0.1) is 0 Å². The van der Waals surface area contributed by atoms with E-state index >= 15 is 0 Å². The van der Waals surface area contributed by atoms with Gasteiger partial charge in [-0.25, -0.2) is 0 Å². The van der Waals surface area contributed by atoms with Crippen LogP contribution in [0.3, 0.4) is 0 Å². The number of hydrogen-bond acceptors (Lipinski definition) is 0. The van der Waals surface area contributed by atoms with Crippen LogP contribution in [0.5, 0.6) is 0 Å². The minimum Gasteiger partial charge on any atom is -0.0533 e. The maximum Gasteiger partial charge on any atom is -0.0386 e. The van der Waals surface area contributed by atoms with Gasteiger partial charge in [-0.3, -0.25) is 0 Å². The molecule has 0 saturated heterocycles. The largest absolute Gasteiger partial charge is 0.0533 e. The summed E-state index contributed by atoms with van der Waals surface area (Å²) in [5, 5.41) is 0. The minimum atomic E-state index is 1.37. The predicted octanol–water partition coefficient (Wildman–Crippen LogP) is 7.04. The SMILES string of the molecule is [CH]1CCCCCCC[CH]CCCCCCCCCC1. The minimum absolute atomic E-state index is 1.37. The van der Waals surface area contributed by atoms with Crippen molar-refractivity contribution in [2.45, 2.75) is 109 Å². The molecule has 112 valence electrons. The van der Waals surface area contributed by atoms with E-state index in [1.165, 1.54) is 109 Å². The highest BCUT2D eigenvalue weighted by molar-refractivity contribution is 4.67. The number of hydrogen-bond donors (Lipinski definition) is 0. The lowest BCUT2D eigenvalue weighted by atomic mass is 10.0. The van der Waals surface area contributed by atoms with Crippen molar-refractivity contribution in [3.05, 3.63) is 12.8 Å². The number of rotatable bonds is 0. The molecule has 0 amide bonds. The summed E-state index contributed by atoms with van der Waals surface area (Å²) in [4.78, 5) is 0. The second kappa shape index (κ2) is 14.4. The predicted molar refractivity (Wildman–Crippen MR) is 87.1 cm³/mol. The monoisotopic (exact) mass is 264 g/mol. The van der Waals surface area contributed by atoms with Crippen molar-refractivity contribution in [2.75, 3.05) is 0 Å². The Morgan fingerprint density at radius 3 is 0.737 bits per heavy atom. The van der Waals surface area contributed by atoms with E-state index in [-0.39, 0.29) is 0 Å². The fourth-order valence-corrected chi connectivity index (χ4v) is 3.03. The Hall–Kier alpha value is 0. The molecule has 1 aliphatic carbocycles. The van der Waals surface area contributed by atoms with Gasteiger partial charge in [0.25, 0.3) is 0 Å². The highest BCUT2D eigenvalue weighted by atomic mass is 14.0. The van der Waals surface area contributed by atoms with Crippen molar-refractivity contribution in [3.63, 3.8) is 0 Å². The Morgan fingerprint density at radius 2 is 0.474 bits per heavy atom. The maximum atomic E-state index is 2.54. The van der Waals surface area contributed by atoms with Crippen LogP contribution in [0.4, 0.5) is 0 Å². The summed E-state index contributed by atoms with van der Waals surface area (Å²) in [7, 11) is 0. The summed E-state index contributed by atoms with van der Waals surface area (Å²) in [6.07, 6.45) is 29.5. The van der Waals surface area contributed by atoms with Crippen molar-refractivity contribution < 1.29 is 0 Å². The molecule has 1 aliphatic rings. The average molecular weight is 264 g/mol. The summed E-state index contributed by atoms with van der Waals surface area (Å²) in [6.45, 7) is 0. The average Bonchev–Trinajstić information content (AvgIpc) is 2.43. The fourth-order valence-electron chi connectivity index (χ4n) is 3.03. The first-order valence-corrected chi connectivity index (χ1v) is 9.13. The van der Waals surface area contributed by atoms with Gasteiger partial charge < -0.3 is 0 Å². The van der Waals surface area contributed by atoms with Crippen LogP contribution in [0.15, 0.2) is 0 Å². The van der Waals surface area contributed by atoms with E-state index in [0.717, 1.165) is 0 Å². The summed E-state index contributed by atoms with van der Waals surface area (Å²) in [6, 6.07) is 0. The topological polar surface area (TPSA) is 0 Å². The van der Waals surface area contributed by atoms with Gasteiger partial charge in [0.15, 0.2) is 0 Å². The zero-order chi connectivity index (χ0) is 13.4. The van der Waals surface area contributed by atoms with E-state index in [4.69, 9.17) is 0 Å². The molecule has 19 heavy (non-hydrogen) atoms. The Morgan fingerprint density at radius 1 is 0.263 bits per heavy atom. The maximum absolute atomic E-state index is 2.54. The molecule has 0 aromatic heterocycles. The van der Waals surface area contributed by atoms with Crippen LogP contribution in [0, 0.1) is 12.8 Å². The van der Waals surface area contributed by atoms with Crippen LogP contribution >= 0.6 is 0 Å². The highest BCUT2D eigenvalue weighted by Gasteiger charge is 1.96. The van der Waals surface area contributed by atoms with Gasteiger partial charge in [-0.1, -0.05) is 109 Å². The zero-order valence-corrected chi connectivity index (χ0v) is 13.2. The third-order valence-electron chi connectivity index (χ3n) is 4.38. The molecule has 2 radical (unpaired) electrons. The van der Waals surface area contributed by atoms with E-state index in [2.05, 4.69) is 12.8 Å². The third-order valence-corrected chi connectivity index (χ3v) is 4.38. The third kappa shape index (κ3) is 12.8. The van der Waals surface area contributed by atoms with Crippen LogP contribution in [-0.4, -0.2) is 0 Å². The van der Waals surface area contributed by atoms with Crippen LogP contribution in [0.25, 0.3) is 0 Å². The normalized spacial score (nSPS) is 24.0. The molecule has 0 aromatic rings. The van der Waals surface area contributed by atoms with Gasteiger partial charge in [-0.2, -0.15) is 0 Å². The summed E-state index contributed by atoms with van der Waals surface area (Å²) < 4.78 is 0. The Balaban J connectivity index is 2.01. The zero-order valence-electron chi connectivity index (χ0n) is 13.2. The van der Waals surface area contributed by atoms with Crippen molar-refractivity contribution in [1.29, 1.82) is 0 Å². The lowest BCUT2D eigenvalue weighted by molar-refractivity contribution is 0.561. The van der Waals surface area contributed by atoms with Crippen LogP contribution < -0.4 is 0 Å². The first kappa shape index (κ1) is 17.1. The van der Waals surface area contributed by atoms with Gasteiger partial charge in [0.1, 0.15) is 0 Å². The standard InChI is InChI=1S/C19H36/c1-2-4-6-8-10-12-14-16-18-19-17-15-13-11-9-7-5-3-1/h1,16H,2-15,17-19H2. The van der Waals surface area contributed by atoms with Gasteiger partial charge >= 0.3 is 0 Å². The molecule has 1 fully saturated rings. The molecule has 0 nitrogen and oxygen atoms in total. The summed E-state index contributed by atoms with van der Waals surface area (Å²) in [5.41, 5.74) is 0. The molecule has 0 heterocycles. The van der Waals surface area contributed by atoms with E-state index in [1.807, 2.05) is 0 Å². The quantitative estimate of drug-likeness (QED) is 0.440. The van der Waals surface area contributed by atoms with Gasteiger partial charge in [-0.15, -0.1) is 0 Å². The molecule has 0 spiro atoms. The summed E-state index contributed by atoms with van der Waals surface area (Å²) >= 11 is 0. The summed E-state index contributed by atoms with van der Waals surface area (Å²) in [5.74, 6) is 0. The molecular weight excluding hydrogens is 228 g/mol. The molecule has 1 saturated carbocycles.